The van der Waals surface area contributed by atoms with Crippen LogP contribution in [0.4, 0.5) is 10.1 Å². The molecule has 2 aromatic carbocycles. The standard InChI is InChI=1S/C16H17FN2O/c1-11-7-8-13(9-15(11)17)19-16(20)14(10-18)12-5-3-2-4-6-12/h2-9,14H,10,18H2,1H3,(H,19,20). The summed E-state index contributed by atoms with van der Waals surface area (Å²) in [5, 5.41) is 2.70. The van der Waals surface area contributed by atoms with Crippen LogP contribution in [0.15, 0.2) is 48.5 Å². The first-order chi connectivity index (χ1) is 9.61. The molecule has 0 aliphatic rings. The van der Waals surface area contributed by atoms with Crippen LogP contribution in [0.1, 0.15) is 17.0 Å². The molecule has 2 rings (SSSR count). The van der Waals surface area contributed by atoms with Crippen molar-refractivity contribution in [3.63, 3.8) is 0 Å². The molecule has 1 amide bonds. The Morgan fingerprint density at radius 3 is 2.55 bits per heavy atom. The minimum absolute atomic E-state index is 0.199. The summed E-state index contributed by atoms with van der Waals surface area (Å²) >= 11 is 0. The van der Waals surface area contributed by atoms with E-state index in [9.17, 15) is 9.18 Å². The Labute approximate surface area is 117 Å². The number of nitrogens with one attached hydrogen (secondary N) is 1. The lowest BCUT2D eigenvalue weighted by Gasteiger charge is -2.15. The molecule has 0 saturated heterocycles. The molecular formula is C16H17FN2O. The van der Waals surface area contributed by atoms with Gasteiger partial charge in [-0.05, 0) is 30.2 Å². The topological polar surface area (TPSA) is 55.1 Å². The van der Waals surface area contributed by atoms with Gasteiger partial charge < -0.3 is 11.1 Å². The van der Waals surface area contributed by atoms with Crippen molar-refractivity contribution in [2.75, 3.05) is 11.9 Å². The number of aryl methyl sites for hydroxylation is 1. The van der Waals surface area contributed by atoms with Crippen LogP contribution in [0.5, 0.6) is 0 Å². The van der Waals surface area contributed by atoms with Crippen LogP contribution in [-0.4, -0.2) is 12.5 Å². The van der Waals surface area contributed by atoms with Crippen molar-refractivity contribution in [2.24, 2.45) is 5.73 Å². The van der Waals surface area contributed by atoms with Gasteiger partial charge in [0.25, 0.3) is 0 Å². The summed E-state index contributed by atoms with van der Waals surface area (Å²) in [5.41, 5.74) is 7.51. The van der Waals surface area contributed by atoms with Gasteiger partial charge >= 0.3 is 0 Å². The maximum Gasteiger partial charge on any atom is 0.233 e. The van der Waals surface area contributed by atoms with Gasteiger partial charge in [-0.1, -0.05) is 36.4 Å². The van der Waals surface area contributed by atoms with E-state index >= 15 is 0 Å². The predicted octanol–water partition coefficient (Wildman–Crippen LogP) is 2.82. The molecule has 0 radical (unpaired) electrons. The highest BCUT2D eigenvalue weighted by Crippen LogP contribution is 2.19. The van der Waals surface area contributed by atoms with Crippen molar-refractivity contribution in [3.8, 4) is 0 Å². The third-order valence-corrected chi connectivity index (χ3v) is 3.19. The number of benzene rings is 2. The smallest absolute Gasteiger partial charge is 0.233 e. The van der Waals surface area contributed by atoms with Crippen molar-refractivity contribution < 1.29 is 9.18 Å². The normalized spacial score (nSPS) is 11.9. The zero-order valence-electron chi connectivity index (χ0n) is 11.3. The number of hydrogen-bond acceptors (Lipinski definition) is 2. The SMILES string of the molecule is Cc1ccc(NC(=O)C(CN)c2ccccc2)cc1F. The number of nitrogens with two attached hydrogens (primary N) is 1. The molecule has 104 valence electrons. The zero-order chi connectivity index (χ0) is 14.5. The summed E-state index contributed by atoms with van der Waals surface area (Å²) in [6.07, 6.45) is 0. The van der Waals surface area contributed by atoms with Gasteiger partial charge in [-0.25, -0.2) is 4.39 Å². The molecule has 0 bridgehead atoms. The van der Waals surface area contributed by atoms with Gasteiger partial charge in [0.2, 0.25) is 5.91 Å². The highest BCUT2D eigenvalue weighted by atomic mass is 19.1. The fourth-order valence-corrected chi connectivity index (χ4v) is 1.98. The average molecular weight is 272 g/mol. The molecule has 20 heavy (non-hydrogen) atoms. The second kappa shape index (κ2) is 6.30. The second-order valence-corrected chi connectivity index (χ2v) is 4.65. The lowest BCUT2D eigenvalue weighted by Crippen LogP contribution is -2.27. The van der Waals surface area contributed by atoms with E-state index in [1.807, 2.05) is 30.3 Å². The molecule has 0 saturated carbocycles. The van der Waals surface area contributed by atoms with Crippen molar-refractivity contribution in [2.45, 2.75) is 12.8 Å². The summed E-state index contributed by atoms with van der Waals surface area (Å²) in [4.78, 5) is 12.2. The largest absolute Gasteiger partial charge is 0.329 e. The van der Waals surface area contributed by atoms with Gasteiger partial charge in [0.15, 0.2) is 0 Å². The Morgan fingerprint density at radius 1 is 1.25 bits per heavy atom. The number of carbonyl (C=O) groups is 1. The minimum atomic E-state index is -0.444. The molecule has 0 fully saturated rings. The Morgan fingerprint density at radius 2 is 1.95 bits per heavy atom. The summed E-state index contributed by atoms with van der Waals surface area (Å²) in [5.74, 6) is -1.02. The first kappa shape index (κ1) is 14.2. The van der Waals surface area contributed by atoms with E-state index < -0.39 is 5.92 Å². The molecule has 0 aliphatic carbocycles. The lowest BCUT2D eigenvalue weighted by atomic mass is 9.98. The lowest BCUT2D eigenvalue weighted by molar-refractivity contribution is -0.117. The fraction of sp³-hybridized carbons (Fsp3) is 0.188. The van der Waals surface area contributed by atoms with E-state index in [1.165, 1.54) is 6.07 Å². The molecular weight excluding hydrogens is 255 g/mol. The third-order valence-electron chi connectivity index (χ3n) is 3.19. The van der Waals surface area contributed by atoms with E-state index in [0.29, 0.717) is 11.3 Å². The number of carbonyl (C=O) groups excluding carboxylic acids is 1. The molecule has 3 nitrogen and oxygen atoms in total. The van der Waals surface area contributed by atoms with Crippen molar-refractivity contribution in [1.82, 2.24) is 0 Å². The van der Waals surface area contributed by atoms with E-state index in [1.54, 1.807) is 19.1 Å². The van der Waals surface area contributed by atoms with Crippen LogP contribution in [0.2, 0.25) is 0 Å². The molecule has 1 unspecified atom stereocenters. The Hall–Kier alpha value is -2.20. The number of amides is 1. The van der Waals surface area contributed by atoms with Crippen molar-refractivity contribution in [3.05, 3.63) is 65.5 Å². The predicted molar refractivity (Wildman–Crippen MR) is 78.0 cm³/mol. The van der Waals surface area contributed by atoms with Crippen LogP contribution < -0.4 is 11.1 Å². The molecule has 3 N–H and O–H groups in total. The van der Waals surface area contributed by atoms with Gasteiger partial charge in [0.1, 0.15) is 5.82 Å². The minimum Gasteiger partial charge on any atom is -0.329 e. The van der Waals surface area contributed by atoms with Gasteiger partial charge in [-0.3, -0.25) is 4.79 Å². The summed E-state index contributed by atoms with van der Waals surface area (Å²) in [6, 6.07) is 13.9. The Balaban J connectivity index is 2.15. The van der Waals surface area contributed by atoms with Crippen LogP contribution in [-0.2, 0) is 4.79 Å². The van der Waals surface area contributed by atoms with Gasteiger partial charge in [-0.2, -0.15) is 0 Å². The Bertz CT molecular complexity index is 599. The molecule has 0 aliphatic heterocycles. The van der Waals surface area contributed by atoms with Gasteiger partial charge in [0, 0.05) is 12.2 Å². The van der Waals surface area contributed by atoms with Crippen LogP contribution in [0, 0.1) is 12.7 Å². The summed E-state index contributed by atoms with van der Waals surface area (Å²) < 4.78 is 13.5. The number of halogens is 1. The maximum absolute atomic E-state index is 13.5. The monoisotopic (exact) mass is 272 g/mol. The third kappa shape index (κ3) is 3.22. The maximum atomic E-state index is 13.5. The molecule has 4 heteroatoms. The van der Waals surface area contributed by atoms with Crippen molar-refractivity contribution >= 4 is 11.6 Å². The first-order valence-electron chi connectivity index (χ1n) is 6.44. The highest BCUT2D eigenvalue weighted by Gasteiger charge is 2.19. The highest BCUT2D eigenvalue weighted by molar-refractivity contribution is 5.96. The van der Waals surface area contributed by atoms with Crippen LogP contribution in [0.3, 0.4) is 0 Å². The molecule has 0 heterocycles. The van der Waals surface area contributed by atoms with E-state index in [2.05, 4.69) is 5.32 Å². The second-order valence-electron chi connectivity index (χ2n) is 4.65. The molecule has 2 aromatic rings. The number of hydrogen-bond donors (Lipinski definition) is 2. The van der Waals surface area contributed by atoms with E-state index in [0.717, 1.165) is 5.56 Å². The Kier molecular flexibility index (Phi) is 4.48. The first-order valence-corrected chi connectivity index (χ1v) is 6.44. The zero-order valence-corrected chi connectivity index (χ0v) is 11.3. The van der Waals surface area contributed by atoms with Gasteiger partial charge in [0.05, 0.1) is 5.92 Å². The summed E-state index contributed by atoms with van der Waals surface area (Å²) in [7, 11) is 0. The van der Waals surface area contributed by atoms with E-state index in [-0.39, 0.29) is 18.3 Å². The van der Waals surface area contributed by atoms with Crippen LogP contribution in [0.25, 0.3) is 0 Å². The molecule has 1 atom stereocenters. The molecule has 0 spiro atoms. The number of anilines is 1. The number of rotatable bonds is 4. The van der Waals surface area contributed by atoms with E-state index in [4.69, 9.17) is 5.73 Å². The molecule has 0 aromatic heterocycles. The summed E-state index contributed by atoms with van der Waals surface area (Å²) in [6.45, 7) is 1.87. The fourth-order valence-electron chi connectivity index (χ4n) is 1.98. The quantitative estimate of drug-likeness (QED) is 0.899. The average Bonchev–Trinajstić information content (AvgIpc) is 2.45. The van der Waals surface area contributed by atoms with Crippen molar-refractivity contribution in [1.29, 1.82) is 0 Å². The van der Waals surface area contributed by atoms with Gasteiger partial charge in [-0.15, -0.1) is 0 Å². The van der Waals surface area contributed by atoms with Crippen LogP contribution >= 0.6 is 0 Å².